The lowest BCUT2D eigenvalue weighted by molar-refractivity contribution is -0.383. The van der Waals surface area contributed by atoms with Gasteiger partial charge in [0, 0.05) is 11.9 Å². The Morgan fingerprint density at radius 2 is 2.10 bits per heavy atom. The maximum Gasteiger partial charge on any atom is 0.298 e. The number of non-ortho nitro benzene ring substituents is 1. The van der Waals surface area contributed by atoms with E-state index >= 15 is 0 Å². The number of hydrogen-bond donors (Lipinski definition) is 1. The van der Waals surface area contributed by atoms with Crippen LogP contribution >= 0.6 is 0 Å². The minimum atomic E-state index is -0.625. The summed E-state index contributed by atoms with van der Waals surface area (Å²) in [5.41, 5.74) is 0.833. The van der Waals surface area contributed by atoms with Crippen LogP contribution in [-0.2, 0) is 0 Å². The van der Waals surface area contributed by atoms with Crippen LogP contribution in [0.15, 0.2) is 18.2 Å². The molecule has 21 heavy (non-hydrogen) atoms. The van der Waals surface area contributed by atoms with Crippen LogP contribution in [-0.4, -0.2) is 16.5 Å². The van der Waals surface area contributed by atoms with Gasteiger partial charge in [-0.25, -0.2) is 9.37 Å². The molecule has 0 saturated carbocycles. The first-order valence-electron chi connectivity index (χ1n) is 6.96. The van der Waals surface area contributed by atoms with Crippen LogP contribution in [0, 0.1) is 15.9 Å². The number of nitro benzene ring substituents is 1. The number of halogens is 1. The molecular formula is C15H18FN3O2. The summed E-state index contributed by atoms with van der Waals surface area (Å²) in [6.45, 7) is 6.77. The Balaban J connectivity index is 2.71. The molecule has 1 aromatic heterocycles. The molecule has 2 rings (SSSR count). The average Bonchev–Trinajstić information content (AvgIpc) is 2.43. The topological polar surface area (TPSA) is 68.1 Å². The fraction of sp³-hybridized carbons (Fsp3) is 0.400. The van der Waals surface area contributed by atoms with E-state index in [1.165, 1.54) is 6.07 Å². The van der Waals surface area contributed by atoms with Crippen molar-refractivity contribution < 1.29 is 9.31 Å². The number of benzene rings is 1. The third kappa shape index (κ3) is 3.09. The standard InChI is InChI=1S/C15H18FN3O2/c1-4-5-17-15-12(9(2)3)7-10-6-11(16)8-13(19(20)21)14(10)18-15/h6-9H,4-5H2,1-3H3,(H,17,18). The molecule has 0 unspecified atom stereocenters. The van der Waals surface area contributed by atoms with Gasteiger partial charge in [0.2, 0.25) is 0 Å². The number of aromatic nitrogens is 1. The molecule has 0 aliphatic heterocycles. The Bertz CT molecular complexity index is 686. The first kappa shape index (κ1) is 15.2. The van der Waals surface area contributed by atoms with E-state index in [0.29, 0.717) is 11.2 Å². The van der Waals surface area contributed by atoms with Crippen LogP contribution in [0.1, 0.15) is 38.7 Å². The second kappa shape index (κ2) is 6.03. The van der Waals surface area contributed by atoms with E-state index in [2.05, 4.69) is 10.3 Å². The molecule has 0 radical (unpaired) electrons. The first-order valence-corrected chi connectivity index (χ1v) is 6.96. The fourth-order valence-electron chi connectivity index (χ4n) is 2.21. The second-order valence-electron chi connectivity index (χ2n) is 5.26. The molecule has 0 atom stereocenters. The predicted octanol–water partition coefficient (Wildman–Crippen LogP) is 4.23. The molecule has 5 nitrogen and oxygen atoms in total. The van der Waals surface area contributed by atoms with E-state index in [1.807, 2.05) is 20.8 Å². The van der Waals surface area contributed by atoms with Crippen LogP contribution in [0.3, 0.4) is 0 Å². The van der Waals surface area contributed by atoms with Crippen molar-refractivity contribution in [2.75, 3.05) is 11.9 Å². The van der Waals surface area contributed by atoms with E-state index in [4.69, 9.17) is 0 Å². The zero-order valence-corrected chi connectivity index (χ0v) is 12.3. The van der Waals surface area contributed by atoms with Gasteiger partial charge in [-0.2, -0.15) is 0 Å². The highest BCUT2D eigenvalue weighted by Crippen LogP contribution is 2.32. The Hall–Kier alpha value is -2.24. The van der Waals surface area contributed by atoms with Crippen molar-refractivity contribution in [3.63, 3.8) is 0 Å². The number of hydrogen-bond acceptors (Lipinski definition) is 4. The number of nitro groups is 1. The van der Waals surface area contributed by atoms with Gasteiger partial charge in [-0.3, -0.25) is 10.1 Å². The number of fused-ring (bicyclic) bond motifs is 1. The maximum atomic E-state index is 13.5. The summed E-state index contributed by atoms with van der Waals surface area (Å²) >= 11 is 0. The summed E-state index contributed by atoms with van der Waals surface area (Å²) in [7, 11) is 0. The Kier molecular flexibility index (Phi) is 4.35. The minimum absolute atomic E-state index is 0.184. The largest absolute Gasteiger partial charge is 0.370 e. The number of nitrogens with one attached hydrogen (secondary N) is 1. The number of pyridine rings is 1. The summed E-state index contributed by atoms with van der Waals surface area (Å²) in [5, 5.41) is 14.7. The number of rotatable bonds is 5. The van der Waals surface area contributed by atoms with Crippen molar-refractivity contribution in [2.45, 2.75) is 33.1 Å². The van der Waals surface area contributed by atoms with E-state index in [1.54, 1.807) is 6.07 Å². The van der Waals surface area contributed by atoms with E-state index in [0.717, 1.165) is 24.6 Å². The molecule has 2 aromatic rings. The fourth-order valence-corrected chi connectivity index (χ4v) is 2.21. The Labute approximate surface area is 122 Å². The molecule has 6 heteroatoms. The smallest absolute Gasteiger partial charge is 0.298 e. The van der Waals surface area contributed by atoms with Crippen LogP contribution < -0.4 is 5.32 Å². The SMILES string of the molecule is CCCNc1nc2c([N+](=O)[O-])cc(F)cc2cc1C(C)C. The van der Waals surface area contributed by atoms with Crippen molar-refractivity contribution in [2.24, 2.45) is 0 Å². The molecule has 112 valence electrons. The average molecular weight is 291 g/mol. The molecule has 0 fully saturated rings. The predicted molar refractivity (Wildman–Crippen MR) is 81.2 cm³/mol. The monoisotopic (exact) mass is 291 g/mol. The molecule has 1 heterocycles. The molecule has 1 aromatic carbocycles. The van der Waals surface area contributed by atoms with Crippen LogP contribution in [0.4, 0.5) is 15.9 Å². The molecule has 0 aliphatic carbocycles. The molecule has 1 N–H and O–H groups in total. The van der Waals surface area contributed by atoms with Crippen molar-refractivity contribution in [3.8, 4) is 0 Å². The van der Waals surface area contributed by atoms with Crippen molar-refractivity contribution in [1.82, 2.24) is 4.98 Å². The first-order chi connectivity index (χ1) is 9.93. The zero-order valence-electron chi connectivity index (χ0n) is 12.3. The van der Waals surface area contributed by atoms with Crippen molar-refractivity contribution in [3.05, 3.63) is 39.7 Å². The van der Waals surface area contributed by atoms with Gasteiger partial charge in [0.05, 0.1) is 11.0 Å². The second-order valence-corrected chi connectivity index (χ2v) is 5.26. The summed E-state index contributed by atoms with van der Waals surface area (Å²) in [5.74, 6) is 0.192. The lowest BCUT2D eigenvalue weighted by atomic mass is 10.0. The Morgan fingerprint density at radius 1 is 1.38 bits per heavy atom. The molecule has 0 saturated heterocycles. The Morgan fingerprint density at radius 3 is 2.67 bits per heavy atom. The lowest BCUT2D eigenvalue weighted by Crippen LogP contribution is -2.07. The molecule has 0 spiro atoms. The van der Waals surface area contributed by atoms with Gasteiger partial charge >= 0.3 is 0 Å². The van der Waals surface area contributed by atoms with Crippen molar-refractivity contribution in [1.29, 1.82) is 0 Å². The third-order valence-corrected chi connectivity index (χ3v) is 3.25. The molecule has 0 bridgehead atoms. The summed E-state index contributed by atoms with van der Waals surface area (Å²) in [4.78, 5) is 14.9. The van der Waals surface area contributed by atoms with Crippen LogP contribution in [0.25, 0.3) is 10.9 Å². The van der Waals surface area contributed by atoms with Crippen LogP contribution in [0.5, 0.6) is 0 Å². The molecule has 0 aliphatic rings. The van der Waals surface area contributed by atoms with Gasteiger partial charge in [0.25, 0.3) is 5.69 Å². The van der Waals surface area contributed by atoms with Gasteiger partial charge in [0.1, 0.15) is 11.6 Å². The number of nitrogens with zero attached hydrogens (tertiary/aromatic N) is 2. The molecular weight excluding hydrogens is 273 g/mol. The quantitative estimate of drug-likeness (QED) is 0.661. The van der Waals surface area contributed by atoms with E-state index in [9.17, 15) is 14.5 Å². The maximum absolute atomic E-state index is 13.5. The number of anilines is 1. The van der Waals surface area contributed by atoms with E-state index in [-0.39, 0.29) is 17.1 Å². The van der Waals surface area contributed by atoms with Gasteiger partial charge in [0.15, 0.2) is 5.52 Å². The highest BCUT2D eigenvalue weighted by atomic mass is 19.1. The minimum Gasteiger partial charge on any atom is -0.370 e. The van der Waals surface area contributed by atoms with Gasteiger partial charge < -0.3 is 5.32 Å². The highest BCUT2D eigenvalue weighted by Gasteiger charge is 2.19. The normalized spacial score (nSPS) is 11.1. The van der Waals surface area contributed by atoms with Gasteiger partial charge in [-0.1, -0.05) is 20.8 Å². The lowest BCUT2D eigenvalue weighted by Gasteiger charge is -2.14. The van der Waals surface area contributed by atoms with Crippen LogP contribution in [0.2, 0.25) is 0 Å². The van der Waals surface area contributed by atoms with Crippen molar-refractivity contribution >= 4 is 22.4 Å². The highest BCUT2D eigenvalue weighted by molar-refractivity contribution is 5.89. The molecule has 0 amide bonds. The summed E-state index contributed by atoms with van der Waals surface area (Å²) in [6, 6.07) is 3.97. The summed E-state index contributed by atoms with van der Waals surface area (Å²) in [6.07, 6.45) is 0.919. The van der Waals surface area contributed by atoms with Gasteiger partial charge in [-0.15, -0.1) is 0 Å². The van der Waals surface area contributed by atoms with E-state index < -0.39 is 10.7 Å². The zero-order chi connectivity index (χ0) is 15.6. The summed E-state index contributed by atoms with van der Waals surface area (Å²) < 4.78 is 13.5. The third-order valence-electron chi connectivity index (χ3n) is 3.25. The van der Waals surface area contributed by atoms with Gasteiger partial charge in [-0.05, 0) is 30.0 Å².